The topological polar surface area (TPSA) is 50.7 Å². The van der Waals surface area contributed by atoms with E-state index in [0.717, 1.165) is 28.0 Å². The Labute approximate surface area is 144 Å². The molecule has 6 heteroatoms. The van der Waals surface area contributed by atoms with Gasteiger partial charge in [-0.05, 0) is 41.8 Å². The van der Waals surface area contributed by atoms with E-state index in [1.54, 1.807) is 11.3 Å². The number of anilines is 1. The van der Waals surface area contributed by atoms with Crippen LogP contribution in [0.1, 0.15) is 35.5 Å². The second-order valence-corrected chi connectivity index (χ2v) is 6.69. The van der Waals surface area contributed by atoms with Crippen molar-refractivity contribution in [1.29, 1.82) is 0 Å². The molecule has 4 nitrogen and oxygen atoms in total. The maximum Gasteiger partial charge on any atom is 0.206 e. The molecule has 23 heavy (non-hydrogen) atoms. The van der Waals surface area contributed by atoms with Gasteiger partial charge in [0.05, 0.1) is 6.04 Å². The maximum atomic E-state index is 5.91. The first-order valence-electron chi connectivity index (χ1n) is 7.48. The van der Waals surface area contributed by atoms with Gasteiger partial charge in [0.1, 0.15) is 5.01 Å². The molecule has 1 N–H and O–H groups in total. The van der Waals surface area contributed by atoms with Gasteiger partial charge in [-0.25, -0.2) is 0 Å². The fourth-order valence-corrected chi connectivity index (χ4v) is 3.28. The van der Waals surface area contributed by atoms with Crippen molar-refractivity contribution < 1.29 is 0 Å². The first-order chi connectivity index (χ1) is 11.2. The second kappa shape index (κ2) is 7.53. The molecule has 2 aromatic heterocycles. The van der Waals surface area contributed by atoms with E-state index in [1.807, 2.05) is 48.8 Å². The third-order valence-electron chi connectivity index (χ3n) is 3.55. The Morgan fingerprint density at radius 1 is 1.09 bits per heavy atom. The summed E-state index contributed by atoms with van der Waals surface area (Å²) in [6.45, 7) is 2.15. The molecule has 0 aliphatic heterocycles. The average Bonchev–Trinajstić information content (AvgIpc) is 3.03. The molecule has 0 saturated carbocycles. The summed E-state index contributed by atoms with van der Waals surface area (Å²) in [6, 6.07) is 12.1. The van der Waals surface area contributed by atoms with Gasteiger partial charge in [0.2, 0.25) is 5.13 Å². The normalized spacial score (nSPS) is 12.1. The lowest BCUT2D eigenvalue weighted by Gasteiger charge is -2.15. The van der Waals surface area contributed by atoms with Crippen LogP contribution in [0.3, 0.4) is 0 Å². The predicted octanol–water partition coefficient (Wildman–Crippen LogP) is 4.74. The largest absolute Gasteiger partial charge is 0.353 e. The van der Waals surface area contributed by atoms with E-state index < -0.39 is 0 Å². The van der Waals surface area contributed by atoms with Gasteiger partial charge in [-0.15, -0.1) is 10.2 Å². The van der Waals surface area contributed by atoms with Crippen molar-refractivity contribution in [2.45, 2.75) is 25.8 Å². The molecule has 1 unspecified atom stereocenters. The van der Waals surface area contributed by atoms with E-state index in [9.17, 15) is 0 Å². The fraction of sp³-hybridized carbons (Fsp3) is 0.235. The summed E-state index contributed by atoms with van der Waals surface area (Å²) in [6.07, 6.45) is 5.36. The standard InChI is InChI=1S/C17H17ClN4S/c1-2-15(13-7-9-19-10-8-13)20-17-22-21-16(23-17)11-12-3-5-14(18)6-4-12/h3-10,15H,2,11H2,1H3,(H,20,22). The Hall–Kier alpha value is -1.98. The highest BCUT2D eigenvalue weighted by molar-refractivity contribution is 7.15. The van der Waals surface area contributed by atoms with E-state index in [-0.39, 0.29) is 6.04 Å². The Kier molecular flexibility index (Phi) is 5.20. The number of benzene rings is 1. The summed E-state index contributed by atoms with van der Waals surface area (Å²) in [5.74, 6) is 0. The number of rotatable bonds is 6. The molecular weight excluding hydrogens is 328 g/mol. The lowest BCUT2D eigenvalue weighted by Crippen LogP contribution is -2.09. The third kappa shape index (κ3) is 4.27. The van der Waals surface area contributed by atoms with Gasteiger partial charge < -0.3 is 5.32 Å². The van der Waals surface area contributed by atoms with Crippen molar-refractivity contribution in [2.24, 2.45) is 0 Å². The van der Waals surface area contributed by atoms with Crippen molar-refractivity contribution in [3.8, 4) is 0 Å². The molecule has 0 amide bonds. The van der Waals surface area contributed by atoms with Gasteiger partial charge in [-0.3, -0.25) is 4.98 Å². The Balaban J connectivity index is 1.68. The summed E-state index contributed by atoms with van der Waals surface area (Å²) in [5.41, 5.74) is 2.38. The van der Waals surface area contributed by atoms with Gasteiger partial charge in [0.15, 0.2) is 0 Å². The molecular formula is C17H17ClN4S. The molecule has 0 fully saturated rings. The second-order valence-electron chi connectivity index (χ2n) is 5.19. The van der Waals surface area contributed by atoms with E-state index in [2.05, 4.69) is 27.4 Å². The summed E-state index contributed by atoms with van der Waals surface area (Å²) in [5, 5.41) is 14.6. The first-order valence-corrected chi connectivity index (χ1v) is 8.67. The molecule has 1 atom stereocenters. The van der Waals surface area contributed by atoms with Crippen LogP contribution >= 0.6 is 22.9 Å². The predicted molar refractivity (Wildman–Crippen MR) is 95.1 cm³/mol. The summed E-state index contributed by atoms with van der Waals surface area (Å²) in [4.78, 5) is 4.06. The van der Waals surface area contributed by atoms with Crippen LogP contribution in [0.25, 0.3) is 0 Å². The van der Waals surface area contributed by atoms with Crippen LogP contribution in [0.2, 0.25) is 5.02 Å². The van der Waals surface area contributed by atoms with Crippen LogP contribution in [0.4, 0.5) is 5.13 Å². The smallest absolute Gasteiger partial charge is 0.206 e. The molecule has 0 radical (unpaired) electrons. The van der Waals surface area contributed by atoms with Gasteiger partial charge in [-0.2, -0.15) is 0 Å². The molecule has 3 rings (SSSR count). The quantitative estimate of drug-likeness (QED) is 0.701. The lowest BCUT2D eigenvalue weighted by molar-refractivity contribution is 0.744. The van der Waals surface area contributed by atoms with Crippen LogP contribution in [0.5, 0.6) is 0 Å². The van der Waals surface area contributed by atoms with Crippen LogP contribution in [-0.2, 0) is 6.42 Å². The van der Waals surface area contributed by atoms with Crippen molar-refractivity contribution in [3.63, 3.8) is 0 Å². The highest BCUT2D eigenvalue weighted by Crippen LogP contribution is 2.25. The minimum absolute atomic E-state index is 0.217. The SMILES string of the molecule is CCC(Nc1nnc(Cc2ccc(Cl)cc2)s1)c1ccncc1. The number of halogens is 1. The minimum atomic E-state index is 0.217. The van der Waals surface area contributed by atoms with Crippen LogP contribution in [0, 0.1) is 0 Å². The summed E-state index contributed by atoms with van der Waals surface area (Å²) in [7, 11) is 0. The van der Waals surface area contributed by atoms with Gasteiger partial charge in [0.25, 0.3) is 0 Å². The van der Waals surface area contributed by atoms with E-state index in [0.29, 0.717) is 0 Å². The maximum absolute atomic E-state index is 5.91. The Bertz CT molecular complexity index is 743. The number of nitrogens with zero attached hydrogens (tertiary/aromatic N) is 3. The van der Waals surface area contributed by atoms with Crippen molar-refractivity contribution in [3.05, 3.63) is 69.9 Å². The number of nitrogens with one attached hydrogen (secondary N) is 1. The van der Waals surface area contributed by atoms with Crippen LogP contribution < -0.4 is 5.32 Å². The zero-order valence-corrected chi connectivity index (χ0v) is 14.3. The number of hydrogen-bond donors (Lipinski definition) is 1. The number of pyridine rings is 1. The number of aromatic nitrogens is 3. The molecule has 0 bridgehead atoms. The third-order valence-corrected chi connectivity index (χ3v) is 4.66. The van der Waals surface area contributed by atoms with Gasteiger partial charge in [0, 0.05) is 23.8 Å². The molecule has 0 saturated heterocycles. The number of hydrogen-bond acceptors (Lipinski definition) is 5. The van der Waals surface area contributed by atoms with Crippen molar-refractivity contribution in [2.75, 3.05) is 5.32 Å². The monoisotopic (exact) mass is 344 g/mol. The average molecular weight is 345 g/mol. The fourth-order valence-electron chi connectivity index (χ4n) is 2.33. The van der Waals surface area contributed by atoms with E-state index in [1.165, 1.54) is 11.1 Å². The molecule has 3 aromatic rings. The highest BCUT2D eigenvalue weighted by Gasteiger charge is 2.12. The van der Waals surface area contributed by atoms with Crippen molar-refractivity contribution in [1.82, 2.24) is 15.2 Å². The van der Waals surface area contributed by atoms with Gasteiger partial charge in [-0.1, -0.05) is 42.0 Å². The Morgan fingerprint density at radius 3 is 2.52 bits per heavy atom. The highest BCUT2D eigenvalue weighted by atomic mass is 35.5. The molecule has 0 aliphatic rings. The summed E-state index contributed by atoms with van der Waals surface area (Å²) < 4.78 is 0. The first kappa shape index (κ1) is 15.9. The Morgan fingerprint density at radius 2 is 1.83 bits per heavy atom. The molecule has 0 spiro atoms. The molecule has 0 aliphatic carbocycles. The molecule has 2 heterocycles. The minimum Gasteiger partial charge on any atom is -0.353 e. The lowest BCUT2D eigenvalue weighted by atomic mass is 10.1. The van der Waals surface area contributed by atoms with E-state index >= 15 is 0 Å². The van der Waals surface area contributed by atoms with E-state index in [4.69, 9.17) is 11.6 Å². The zero-order valence-electron chi connectivity index (χ0n) is 12.7. The molecule has 1 aromatic carbocycles. The van der Waals surface area contributed by atoms with Gasteiger partial charge >= 0.3 is 0 Å². The van der Waals surface area contributed by atoms with Crippen molar-refractivity contribution >= 4 is 28.1 Å². The molecule has 118 valence electrons. The van der Waals surface area contributed by atoms with Crippen LogP contribution in [0.15, 0.2) is 48.8 Å². The zero-order chi connectivity index (χ0) is 16.1. The van der Waals surface area contributed by atoms with Crippen LogP contribution in [-0.4, -0.2) is 15.2 Å². The summed E-state index contributed by atoms with van der Waals surface area (Å²) >= 11 is 7.50.